The Kier molecular flexibility index (Phi) is 2.60. The average Bonchev–Trinajstić information content (AvgIpc) is 2.71. The molecule has 1 aromatic rings. The van der Waals surface area contributed by atoms with Crippen molar-refractivity contribution in [1.29, 1.82) is 0 Å². The summed E-state index contributed by atoms with van der Waals surface area (Å²) in [4.78, 5) is 0. The van der Waals surface area contributed by atoms with E-state index in [1.54, 1.807) is 0 Å². The molecule has 1 unspecified atom stereocenters. The van der Waals surface area contributed by atoms with Crippen LogP contribution in [0.5, 0.6) is 0 Å². The molecule has 1 fully saturated rings. The van der Waals surface area contributed by atoms with Crippen LogP contribution in [0.2, 0.25) is 0 Å². The molecule has 0 spiro atoms. The smallest absolute Gasteiger partial charge is 0.325 e. The largest absolute Gasteiger partial charge is 1.00 e. The van der Waals surface area contributed by atoms with Crippen LogP contribution in [0.15, 0.2) is 30.3 Å². The molecule has 46 valence electrons. The summed E-state index contributed by atoms with van der Waals surface area (Å²) in [5.74, 6) is 0.784. The zero-order valence-electron chi connectivity index (χ0n) is 6.25. The van der Waals surface area contributed by atoms with Gasteiger partial charge in [-0.3, -0.25) is 0 Å². The Morgan fingerprint density at radius 1 is 1.20 bits per heavy atom. The number of hydrogen-bond acceptors (Lipinski definition) is 0. The van der Waals surface area contributed by atoms with Crippen molar-refractivity contribution in [3.8, 4) is 0 Å². The number of benzene rings is 1. The molecule has 0 aromatic heterocycles. The zero-order valence-corrected chi connectivity index (χ0v) is 6.25. The molecule has 1 aliphatic carbocycles. The van der Waals surface area contributed by atoms with E-state index in [4.69, 9.17) is 0 Å². The van der Waals surface area contributed by atoms with Crippen LogP contribution in [0.3, 0.4) is 0 Å². The van der Waals surface area contributed by atoms with Crippen LogP contribution in [-0.4, -0.2) is 0 Å². The SMILES string of the molecule is [Li+].c1ccc(C2[CH-]C2)cc1. The van der Waals surface area contributed by atoms with Crippen LogP contribution in [0.1, 0.15) is 17.9 Å². The molecular weight excluding hydrogens is 115 g/mol. The van der Waals surface area contributed by atoms with Gasteiger partial charge >= 0.3 is 18.9 Å². The van der Waals surface area contributed by atoms with Crippen LogP contribution in [0, 0.1) is 6.42 Å². The molecule has 1 saturated carbocycles. The summed E-state index contributed by atoms with van der Waals surface area (Å²) in [6.07, 6.45) is 3.61. The summed E-state index contributed by atoms with van der Waals surface area (Å²) in [6, 6.07) is 10.6. The van der Waals surface area contributed by atoms with E-state index in [0.717, 1.165) is 5.92 Å². The molecule has 0 bridgehead atoms. The first-order valence-corrected chi connectivity index (χ1v) is 3.35. The molecule has 1 aliphatic rings. The molecule has 0 radical (unpaired) electrons. The maximum absolute atomic E-state index is 2.33. The first-order valence-electron chi connectivity index (χ1n) is 3.35. The zero-order chi connectivity index (χ0) is 6.10. The van der Waals surface area contributed by atoms with Gasteiger partial charge in [0.1, 0.15) is 0 Å². The van der Waals surface area contributed by atoms with E-state index >= 15 is 0 Å². The van der Waals surface area contributed by atoms with Crippen molar-refractivity contribution in [1.82, 2.24) is 0 Å². The summed E-state index contributed by atoms with van der Waals surface area (Å²) in [7, 11) is 0. The normalized spacial score (nSPS) is 21.4. The predicted octanol–water partition coefficient (Wildman–Crippen LogP) is -0.618. The minimum Gasteiger partial charge on any atom is -0.325 e. The summed E-state index contributed by atoms with van der Waals surface area (Å²) >= 11 is 0. The van der Waals surface area contributed by atoms with Crippen LogP contribution in [0.4, 0.5) is 0 Å². The molecule has 10 heavy (non-hydrogen) atoms. The van der Waals surface area contributed by atoms with Crippen LogP contribution < -0.4 is 18.9 Å². The fourth-order valence-electron chi connectivity index (χ4n) is 1.04. The minimum absolute atomic E-state index is 0. The van der Waals surface area contributed by atoms with Gasteiger partial charge in [0.15, 0.2) is 0 Å². The van der Waals surface area contributed by atoms with Gasteiger partial charge in [-0.1, -0.05) is 35.9 Å². The average molecular weight is 124 g/mol. The number of hydrogen-bond donors (Lipinski definition) is 0. The second-order valence-corrected chi connectivity index (χ2v) is 2.49. The molecule has 0 amide bonds. The molecule has 1 aromatic carbocycles. The van der Waals surface area contributed by atoms with Gasteiger partial charge in [0.2, 0.25) is 0 Å². The van der Waals surface area contributed by atoms with Gasteiger partial charge in [-0.15, -0.1) is 0 Å². The Morgan fingerprint density at radius 3 is 2.30 bits per heavy atom. The maximum atomic E-state index is 2.33. The third-order valence-corrected chi connectivity index (χ3v) is 1.70. The third kappa shape index (κ3) is 1.65. The quantitative estimate of drug-likeness (QED) is 0.346. The first kappa shape index (κ1) is 7.92. The van der Waals surface area contributed by atoms with E-state index in [1.165, 1.54) is 12.0 Å². The second-order valence-electron chi connectivity index (χ2n) is 2.49. The minimum atomic E-state index is 0. The molecule has 2 rings (SSSR count). The summed E-state index contributed by atoms with van der Waals surface area (Å²) in [5.41, 5.74) is 1.47. The van der Waals surface area contributed by atoms with Crippen LogP contribution >= 0.6 is 0 Å². The van der Waals surface area contributed by atoms with Crippen molar-refractivity contribution in [3.05, 3.63) is 42.3 Å². The van der Waals surface area contributed by atoms with Gasteiger partial charge in [0, 0.05) is 0 Å². The Hall–Kier alpha value is -0.183. The van der Waals surface area contributed by atoms with Gasteiger partial charge in [-0.25, -0.2) is 0 Å². The molecule has 0 N–H and O–H groups in total. The molecule has 0 aliphatic heterocycles. The van der Waals surface area contributed by atoms with E-state index < -0.39 is 0 Å². The van der Waals surface area contributed by atoms with Gasteiger partial charge in [-0.2, -0.15) is 12.3 Å². The van der Waals surface area contributed by atoms with E-state index in [9.17, 15) is 0 Å². The van der Waals surface area contributed by atoms with Crippen molar-refractivity contribution in [2.45, 2.75) is 12.3 Å². The summed E-state index contributed by atoms with van der Waals surface area (Å²) in [6.45, 7) is 0. The van der Waals surface area contributed by atoms with Gasteiger partial charge < -0.3 is 6.42 Å². The summed E-state index contributed by atoms with van der Waals surface area (Å²) < 4.78 is 0. The fraction of sp³-hybridized carbons (Fsp3) is 0.222. The van der Waals surface area contributed by atoms with E-state index in [1.807, 2.05) is 0 Å². The predicted molar refractivity (Wildman–Crippen MR) is 38.1 cm³/mol. The Balaban J connectivity index is 0.000000500. The summed E-state index contributed by atoms with van der Waals surface area (Å²) in [5, 5.41) is 0. The van der Waals surface area contributed by atoms with E-state index in [2.05, 4.69) is 36.8 Å². The van der Waals surface area contributed by atoms with E-state index in [-0.39, 0.29) is 18.9 Å². The Labute approximate surface area is 73.8 Å². The van der Waals surface area contributed by atoms with Gasteiger partial charge in [0.05, 0.1) is 0 Å². The van der Waals surface area contributed by atoms with Gasteiger partial charge in [0.25, 0.3) is 0 Å². The Bertz CT molecular complexity index is 189. The topological polar surface area (TPSA) is 0 Å². The molecule has 0 saturated heterocycles. The monoisotopic (exact) mass is 124 g/mol. The first-order chi connectivity index (χ1) is 4.47. The van der Waals surface area contributed by atoms with Crippen molar-refractivity contribution in [2.75, 3.05) is 0 Å². The van der Waals surface area contributed by atoms with E-state index in [0.29, 0.717) is 0 Å². The van der Waals surface area contributed by atoms with Crippen molar-refractivity contribution < 1.29 is 18.9 Å². The van der Waals surface area contributed by atoms with Crippen molar-refractivity contribution in [3.63, 3.8) is 0 Å². The maximum Gasteiger partial charge on any atom is 1.00 e. The molecule has 1 heteroatoms. The van der Waals surface area contributed by atoms with Crippen molar-refractivity contribution in [2.24, 2.45) is 0 Å². The Morgan fingerprint density at radius 2 is 1.80 bits per heavy atom. The van der Waals surface area contributed by atoms with Crippen molar-refractivity contribution >= 4 is 0 Å². The molecule has 1 atom stereocenters. The number of rotatable bonds is 1. The second kappa shape index (κ2) is 3.28. The molecular formula is C9H9Li. The van der Waals surface area contributed by atoms with Gasteiger partial charge in [-0.05, 0) is 0 Å². The fourth-order valence-corrected chi connectivity index (χ4v) is 1.04. The standard InChI is InChI=1S/C9H9.Li/c1-2-4-8(5-3-1)9-6-7-9;/h1-6,9H,7H2;/q-1;+1. The third-order valence-electron chi connectivity index (χ3n) is 1.70. The van der Waals surface area contributed by atoms with Crippen LogP contribution in [-0.2, 0) is 0 Å². The molecule has 0 nitrogen and oxygen atoms in total. The molecule has 0 heterocycles. The van der Waals surface area contributed by atoms with Crippen LogP contribution in [0.25, 0.3) is 0 Å².